The number of sulfonamides is 1. The number of rotatable bonds is 10. The molecule has 10 heteroatoms. The number of hydrogen-bond donors (Lipinski definition) is 2. The van der Waals surface area contributed by atoms with Gasteiger partial charge in [-0.15, -0.1) is 12.4 Å². The van der Waals surface area contributed by atoms with E-state index in [2.05, 4.69) is 9.71 Å². The lowest BCUT2D eigenvalue weighted by Crippen LogP contribution is -2.28. The van der Waals surface area contributed by atoms with E-state index in [9.17, 15) is 12.8 Å². The molecule has 0 bridgehead atoms. The summed E-state index contributed by atoms with van der Waals surface area (Å²) in [6.45, 7) is 0.429. The lowest BCUT2D eigenvalue weighted by Gasteiger charge is -2.17. The van der Waals surface area contributed by atoms with Crippen molar-refractivity contribution < 1.29 is 17.5 Å². The van der Waals surface area contributed by atoms with Crippen molar-refractivity contribution in [1.29, 1.82) is 0 Å². The average Bonchev–Trinajstić information content (AvgIpc) is 3.19. The summed E-state index contributed by atoms with van der Waals surface area (Å²) in [5, 5.41) is -0.0548. The molecule has 3 aromatic rings. The van der Waals surface area contributed by atoms with Crippen LogP contribution in [0.25, 0.3) is 0 Å². The molecule has 3 N–H and O–H groups in total. The minimum Gasteiger partial charge on any atom is -0.492 e. The van der Waals surface area contributed by atoms with Crippen LogP contribution in [-0.4, -0.2) is 37.7 Å². The van der Waals surface area contributed by atoms with Crippen molar-refractivity contribution in [3.8, 4) is 5.75 Å². The van der Waals surface area contributed by atoms with Crippen LogP contribution in [0.2, 0.25) is 0 Å². The van der Waals surface area contributed by atoms with Crippen molar-refractivity contribution in [2.24, 2.45) is 12.8 Å². The Morgan fingerprint density at radius 2 is 1.97 bits per heavy atom. The normalized spacial score (nSPS) is 12.2. The molecule has 31 heavy (non-hydrogen) atoms. The second-order valence-electron chi connectivity index (χ2n) is 6.93. The number of halogens is 2. The quantitative estimate of drug-likeness (QED) is 0.445. The summed E-state index contributed by atoms with van der Waals surface area (Å²) < 4.78 is 48.3. The zero-order chi connectivity index (χ0) is 21.6. The third kappa shape index (κ3) is 6.76. The fourth-order valence-electron chi connectivity index (χ4n) is 3.09. The summed E-state index contributed by atoms with van der Waals surface area (Å²) in [6.07, 6.45) is 3.44. The highest BCUT2D eigenvalue weighted by Gasteiger charge is 2.18. The Kier molecular flexibility index (Phi) is 9.00. The summed E-state index contributed by atoms with van der Waals surface area (Å²) >= 11 is 0. The number of ether oxygens (including phenoxy) is 1. The molecule has 0 fully saturated rings. The Labute approximate surface area is 187 Å². The lowest BCUT2D eigenvalue weighted by molar-refractivity contribution is 0.321. The fraction of sp³-hybridized carbons (Fsp3) is 0.286. The molecule has 0 amide bonds. The molecular formula is C21H26ClFN4O3S. The molecule has 0 radical (unpaired) electrons. The average molecular weight is 469 g/mol. The third-order valence-electron chi connectivity index (χ3n) is 4.64. The summed E-state index contributed by atoms with van der Waals surface area (Å²) in [5.41, 5.74) is 7.46. The van der Waals surface area contributed by atoms with Crippen molar-refractivity contribution in [1.82, 2.24) is 14.3 Å². The Bertz CT molecular complexity index is 1080. The van der Waals surface area contributed by atoms with Crippen molar-refractivity contribution in [3.63, 3.8) is 0 Å². The first-order chi connectivity index (χ1) is 14.4. The molecule has 7 nitrogen and oxygen atoms in total. The second-order valence-corrected chi connectivity index (χ2v) is 8.64. The van der Waals surface area contributed by atoms with Gasteiger partial charge < -0.3 is 15.0 Å². The van der Waals surface area contributed by atoms with Gasteiger partial charge in [0.05, 0.1) is 6.33 Å². The highest BCUT2D eigenvalue weighted by Crippen LogP contribution is 2.26. The molecule has 1 heterocycles. The molecule has 0 saturated carbocycles. The Morgan fingerprint density at radius 3 is 2.61 bits per heavy atom. The molecule has 0 saturated heterocycles. The van der Waals surface area contributed by atoms with E-state index in [1.807, 2.05) is 30.3 Å². The van der Waals surface area contributed by atoms with Gasteiger partial charge in [0.25, 0.3) is 10.0 Å². The molecule has 1 aromatic heterocycles. The number of aryl methyl sites for hydroxylation is 1. The van der Waals surface area contributed by atoms with Gasteiger partial charge >= 0.3 is 0 Å². The maximum Gasteiger partial charge on any atom is 0.259 e. The van der Waals surface area contributed by atoms with E-state index < -0.39 is 10.0 Å². The van der Waals surface area contributed by atoms with E-state index in [0.29, 0.717) is 24.3 Å². The standard InChI is InChI=1S/C21H25FN4O3S.ClH/c1-26-14-21(24-15-26)30(27,28)25-9-10-29-18-7-8-20(22)19(12-18)17(13-23)11-16-5-3-2-4-6-16;/h2-8,12,14-15,17,25H,9-11,13,23H2,1H3;1H. The van der Waals surface area contributed by atoms with Crippen molar-refractivity contribution in [2.75, 3.05) is 19.7 Å². The van der Waals surface area contributed by atoms with Crippen LogP contribution in [0, 0.1) is 5.82 Å². The van der Waals surface area contributed by atoms with Crippen molar-refractivity contribution in [2.45, 2.75) is 17.4 Å². The van der Waals surface area contributed by atoms with E-state index in [1.165, 1.54) is 24.7 Å². The first-order valence-electron chi connectivity index (χ1n) is 9.53. The highest BCUT2D eigenvalue weighted by atomic mass is 35.5. The summed E-state index contributed by atoms with van der Waals surface area (Å²) in [6, 6.07) is 14.2. The van der Waals surface area contributed by atoms with Gasteiger partial charge in [-0.25, -0.2) is 22.5 Å². The monoisotopic (exact) mass is 468 g/mol. The number of nitrogens with two attached hydrogens (primary N) is 1. The van der Waals surface area contributed by atoms with E-state index in [0.717, 1.165) is 5.56 Å². The molecule has 1 atom stereocenters. The van der Waals surface area contributed by atoms with Gasteiger partial charge in [0, 0.05) is 25.7 Å². The van der Waals surface area contributed by atoms with Crippen LogP contribution in [0.1, 0.15) is 17.0 Å². The topological polar surface area (TPSA) is 99.2 Å². The van der Waals surface area contributed by atoms with Crippen LogP contribution in [0.3, 0.4) is 0 Å². The molecular weight excluding hydrogens is 443 g/mol. The van der Waals surface area contributed by atoms with Gasteiger partial charge in [0.2, 0.25) is 0 Å². The van der Waals surface area contributed by atoms with Crippen molar-refractivity contribution in [3.05, 3.63) is 78.0 Å². The number of benzene rings is 2. The lowest BCUT2D eigenvalue weighted by atomic mass is 9.91. The van der Waals surface area contributed by atoms with E-state index in [-0.39, 0.29) is 42.3 Å². The van der Waals surface area contributed by atoms with Crippen LogP contribution < -0.4 is 15.2 Å². The molecule has 168 valence electrons. The predicted octanol–water partition coefficient (Wildman–Crippen LogP) is 2.62. The van der Waals surface area contributed by atoms with E-state index >= 15 is 0 Å². The zero-order valence-corrected chi connectivity index (χ0v) is 18.7. The second kappa shape index (κ2) is 11.2. The largest absolute Gasteiger partial charge is 0.492 e. The molecule has 1 unspecified atom stereocenters. The number of imidazole rings is 1. The fourth-order valence-corrected chi connectivity index (χ4v) is 4.08. The summed E-state index contributed by atoms with van der Waals surface area (Å²) in [5.74, 6) is -0.0851. The smallest absolute Gasteiger partial charge is 0.259 e. The maximum absolute atomic E-state index is 14.4. The Morgan fingerprint density at radius 1 is 1.23 bits per heavy atom. The minimum absolute atomic E-state index is 0. The number of hydrogen-bond acceptors (Lipinski definition) is 5. The number of nitrogens with zero attached hydrogens (tertiary/aromatic N) is 2. The molecule has 0 aliphatic carbocycles. The van der Waals surface area contributed by atoms with Crippen LogP contribution in [0.5, 0.6) is 5.75 Å². The van der Waals surface area contributed by atoms with Gasteiger partial charge in [-0.1, -0.05) is 30.3 Å². The van der Waals surface area contributed by atoms with Crippen molar-refractivity contribution >= 4 is 22.4 Å². The molecule has 0 aliphatic heterocycles. The molecule has 2 aromatic carbocycles. The van der Waals surface area contributed by atoms with Gasteiger partial charge in [-0.3, -0.25) is 0 Å². The maximum atomic E-state index is 14.4. The predicted molar refractivity (Wildman–Crippen MR) is 119 cm³/mol. The van der Waals surface area contributed by atoms with Crippen LogP contribution >= 0.6 is 12.4 Å². The van der Waals surface area contributed by atoms with Crippen LogP contribution in [0.15, 0.2) is 66.1 Å². The van der Waals surface area contributed by atoms with E-state index in [4.69, 9.17) is 10.5 Å². The van der Waals surface area contributed by atoms with Gasteiger partial charge in [-0.05, 0) is 42.3 Å². The van der Waals surface area contributed by atoms with Gasteiger partial charge in [0.1, 0.15) is 18.2 Å². The number of nitrogens with one attached hydrogen (secondary N) is 1. The highest BCUT2D eigenvalue weighted by molar-refractivity contribution is 7.89. The third-order valence-corrected chi connectivity index (χ3v) is 5.98. The number of aromatic nitrogens is 2. The minimum atomic E-state index is -3.70. The first kappa shape index (κ1) is 24.8. The molecule has 3 rings (SSSR count). The molecule has 0 spiro atoms. The van der Waals surface area contributed by atoms with Crippen LogP contribution in [0.4, 0.5) is 4.39 Å². The summed E-state index contributed by atoms with van der Waals surface area (Å²) in [4.78, 5) is 3.83. The van der Waals surface area contributed by atoms with E-state index in [1.54, 1.807) is 17.7 Å². The van der Waals surface area contributed by atoms with Gasteiger partial charge in [-0.2, -0.15) is 0 Å². The Hall–Kier alpha value is -2.46. The zero-order valence-electron chi connectivity index (χ0n) is 17.1. The SMILES string of the molecule is Cl.Cn1cnc(S(=O)(=O)NCCOc2ccc(F)c(C(CN)Cc3ccccc3)c2)c1. The summed E-state index contributed by atoms with van der Waals surface area (Å²) in [7, 11) is -2.01. The Balaban J connectivity index is 0.00000341. The first-order valence-corrected chi connectivity index (χ1v) is 11.0. The van der Waals surface area contributed by atoms with Crippen LogP contribution in [-0.2, 0) is 23.5 Å². The molecule has 0 aliphatic rings. The van der Waals surface area contributed by atoms with Gasteiger partial charge in [0.15, 0.2) is 5.03 Å².